The van der Waals surface area contributed by atoms with Crippen LogP contribution in [0.2, 0.25) is 123 Å². The summed E-state index contributed by atoms with van der Waals surface area (Å²) in [5.41, 5.74) is 11.3. The van der Waals surface area contributed by atoms with Crippen LogP contribution in [0.4, 0.5) is 0 Å². The summed E-state index contributed by atoms with van der Waals surface area (Å²) in [7, 11) is -13.0. The second-order valence-electron chi connectivity index (χ2n) is 24.0. The molecule has 0 unspecified atom stereocenters. The van der Waals surface area contributed by atoms with E-state index in [0.29, 0.717) is 5.54 Å². The maximum absolute atomic E-state index is 2.91. The second kappa shape index (κ2) is 14.7. The molecular formula is C48H82Si7. The van der Waals surface area contributed by atoms with Crippen LogP contribution in [0.25, 0.3) is 0 Å². The maximum atomic E-state index is 2.89. The normalized spacial score (nSPS) is 15.9. The van der Waals surface area contributed by atoms with Gasteiger partial charge in [0.25, 0.3) is 0 Å². The van der Waals surface area contributed by atoms with Crippen molar-refractivity contribution in [1.82, 2.24) is 0 Å². The molecule has 0 N–H and O–H groups in total. The van der Waals surface area contributed by atoms with E-state index in [-0.39, 0.29) is 0 Å². The van der Waals surface area contributed by atoms with Crippen LogP contribution in [0.1, 0.15) is 44.4 Å². The van der Waals surface area contributed by atoms with Crippen LogP contribution in [0, 0.1) is 20.8 Å². The summed E-state index contributed by atoms with van der Waals surface area (Å²) in [6.07, 6.45) is 0. The molecule has 1 aliphatic carbocycles. The highest BCUT2D eigenvalue weighted by atomic mass is 28.3. The average molecular weight is 856 g/mol. The van der Waals surface area contributed by atoms with Crippen LogP contribution in [0.3, 0.4) is 0 Å². The molecule has 55 heavy (non-hydrogen) atoms. The Morgan fingerprint density at radius 2 is 0.455 bits per heavy atom. The Labute approximate surface area is 348 Å². The van der Waals surface area contributed by atoms with Gasteiger partial charge in [0.05, 0.1) is 48.4 Å². The lowest BCUT2D eigenvalue weighted by molar-refractivity contribution is 1.09. The highest BCUT2D eigenvalue weighted by molar-refractivity contribution is 7.15. The zero-order valence-corrected chi connectivity index (χ0v) is 47.5. The Bertz CT molecular complexity index is 1850. The predicted octanol–water partition coefficient (Wildman–Crippen LogP) is 9.41. The van der Waals surface area contributed by atoms with Crippen molar-refractivity contribution in [2.45, 2.75) is 172 Å². The smallest absolute Gasteiger partial charge is 0.0656 e. The summed E-state index contributed by atoms with van der Waals surface area (Å²) in [5.74, 6) is 0. The lowest BCUT2D eigenvalue weighted by Crippen LogP contribution is -2.75. The lowest BCUT2D eigenvalue weighted by atomic mass is 10.1. The average Bonchev–Trinajstić information content (AvgIpc) is 3.17. The quantitative estimate of drug-likeness (QED) is 0.141. The molecule has 0 aliphatic heterocycles. The zero-order valence-electron chi connectivity index (χ0n) is 40.5. The van der Waals surface area contributed by atoms with E-state index in [4.69, 9.17) is 0 Å². The molecule has 3 aromatic carbocycles. The number of hydrogen-bond donors (Lipinski definition) is 0. The molecule has 0 radical (unpaired) electrons. The largest absolute Gasteiger partial charge is 0.160 e. The molecule has 0 bridgehead atoms. The summed E-state index contributed by atoms with van der Waals surface area (Å²) in [6, 6.07) is 16.9. The van der Waals surface area contributed by atoms with E-state index in [1.54, 1.807) is 74.5 Å². The first-order chi connectivity index (χ1) is 24.5. The SMILES string of the molecule is CC1=C(C)C([Si](c2cc([Si](C)(C)C)c([Si](C)(C)C)cc2C)(c2cc([Si](C)(C)C)c([Si](C)(C)C)cc2C)c2cc([Si](C)(C)C)c([Si](C)(C)C)cc2C)C(C)=C1C. The van der Waals surface area contributed by atoms with Gasteiger partial charge in [0.15, 0.2) is 8.07 Å². The first kappa shape index (κ1) is 46.3. The molecule has 0 amide bonds. The number of hydrogen-bond acceptors (Lipinski definition) is 0. The monoisotopic (exact) mass is 854 g/mol. The van der Waals surface area contributed by atoms with Crippen molar-refractivity contribution in [1.29, 1.82) is 0 Å². The van der Waals surface area contributed by atoms with E-state index in [2.05, 4.69) is 203 Å². The van der Waals surface area contributed by atoms with Crippen molar-refractivity contribution in [3.8, 4) is 0 Å². The van der Waals surface area contributed by atoms with Gasteiger partial charge in [0.1, 0.15) is 0 Å². The van der Waals surface area contributed by atoms with Crippen LogP contribution in [0.5, 0.6) is 0 Å². The van der Waals surface area contributed by atoms with Crippen molar-refractivity contribution in [2.75, 3.05) is 0 Å². The molecule has 0 spiro atoms. The van der Waals surface area contributed by atoms with Gasteiger partial charge in [-0.05, 0) is 75.2 Å². The maximum Gasteiger partial charge on any atom is 0.160 e. The Kier molecular flexibility index (Phi) is 12.4. The molecule has 0 aromatic heterocycles. The van der Waals surface area contributed by atoms with E-state index < -0.39 is 56.5 Å². The number of aryl methyl sites for hydroxylation is 3. The summed E-state index contributed by atoms with van der Waals surface area (Å²) in [6.45, 7) is 64.3. The van der Waals surface area contributed by atoms with Gasteiger partial charge in [-0.3, -0.25) is 0 Å². The Morgan fingerprint density at radius 3 is 0.636 bits per heavy atom. The predicted molar refractivity (Wildman–Crippen MR) is 277 cm³/mol. The molecule has 4 rings (SSSR count). The Balaban J connectivity index is 2.57. The first-order valence-corrected chi connectivity index (χ1v) is 44.4. The van der Waals surface area contributed by atoms with Gasteiger partial charge < -0.3 is 0 Å². The summed E-state index contributed by atoms with van der Waals surface area (Å²) in [4.78, 5) is 0. The molecule has 7 heteroatoms. The van der Waals surface area contributed by atoms with E-state index in [9.17, 15) is 0 Å². The van der Waals surface area contributed by atoms with Gasteiger partial charge in [-0.1, -0.05) is 213 Å². The lowest BCUT2D eigenvalue weighted by Gasteiger charge is -2.46. The van der Waals surface area contributed by atoms with Crippen LogP contribution in [-0.2, 0) is 0 Å². The van der Waals surface area contributed by atoms with Crippen LogP contribution in [0.15, 0.2) is 58.7 Å². The Morgan fingerprint density at radius 1 is 0.273 bits per heavy atom. The highest BCUT2D eigenvalue weighted by Crippen LogP contribution is 2.47. The van der Waals surface area contributed by atoms with E-state index >= 15 is 0 Å². The number of benzene rings is 3. The molecule has 302 valence electrons. The molecule has 1 aliphatic rings. The number of rotatable bonds is 10. The summed E-state index contributed by atoms with van der Waals surface area (Å²) < 4.78 is 0. The van der Waals surface area contributed by atoms with Crippen LogP contribution >= 0.6 is 0 Å². The standard InChI is InChI=1S/C48H82Si7/c1-32-26-42(49(8,9)10)45(52(17,18)19)29-39(32)55(48-37(6)35(4)36(5)38(48)7,40-30-46(53(20,21)22)43(27-33(40)2)50(11,12)13)41-31-47(54(23,24)25)44(28-34(41)3)51(14,15)16/h26-31,48H,1-25H3. The summed E-state index contributed by atoms with van der Waals surface area (Å²) >= 11 is 0. The fourth-order valence-corrected chi connectivity index (χ4v) is 32.9. The molecule has 0 heterocycles. The minimum atomic E-state index is -2.91. The van der Waals surface area contributed by atoms with Crippen molar-refractivity contribution >= 4 is 103 Å². The third kappa shape index (κ3) is 8.42. The van der Waals surface area contributed by atoms with Gasteiger partial charge in [-0.15, -0.1) is 0 Å². The topological polar surface area (TPSA) is 0 Å². The fourth-order valence-electron chi connectivity index (χ4n) is 10.0. The first-order valence-electron chi connectivity index (χ1n) is 21.3. The van der Waals surface area contributed by atoms with Crippen LogP contribution < -0.4 is 46.7 Å². The van der Waals surface area contributed by atoms with E-state index in [0.717, 1.165) is 0 Å². The van der Waals surface area contributed by atoms with Crippen molar-refractivity contribution in [2.24, 2.45) is 0 Å². The van der Waals surface area contributed by atoms with Gasteiger partial charge >= 0.3 is 0 Å². The summed E-state index contributed by atoms with van der Waals surface area (Å²) in [5, 5.41) is 15.4. The zero-order chi connectivity index (χ0) is 42.6. The molecular weight excluding hydrogens is 773 g/mol. The van der Waals surface area contributed by atoms with Crippen molar-refractivity contribution < 1.29 is 0 Å². The highest BCUT2D eigenvalue weighted by Gasteiger charge is 2.54. The molecule has 0 atom stereocenters. The molecule has 3 aromatic rings. The molecule has 0 fully saturated rings. The molecule has 0 saturated heterocycles. The van der Waals surface area contributed by atoms with E-state index in [1.807, 2.05) is 0 Å². The molecule has 0 saturated carbocycles. The van der Waals surface area contributed by atoms with Gasteiger partial charge in [-0.2, -0.15) is 0 Å². The van der Waals surface area contributed by atoms with E-state index in [1.165, 1.54) is 11.1 Å². The minimum Gasteiger partial charge on any atom is -0.0656 e. The van der Waals surface area contributed by atoms with Crippen molar-refractivity contribution in [3.05, 3.63) is 75.4 Å². The number of allylic oxidation sites excluding steroid dienone is 4. The van der Waals surface area contributed by atoms with Crippen molar-refractivity contribution in [3.63, 3.8) is 0 Å². The minimum absolute atomic E-state index is 0.371. The van der Waals surface area contributed by atoms with Gasteiger partial charge in [-0.25, -0.2) is 0 Å². The fraction of sp³-hybridized carbons (Fsp3) is 0.542. The third-order valence-electron chi connectivity index (χ3n) is 13.3. The Hall–Kier alpha value is -1.34. The third-order valence-corrected chi connectivity index (χ3v) is 32.1. The van der Waals surface area contributed by atoms with Crippen LogP contribution in [-0.4, -0.2) is 56.5 Å². The molecule has 0 nitrogen and oxygen atoms in total. The van der Waals surface area contributed by atoms with Gasteiger partial charge in [0.2, 0.25) is 0 Å². The second-order valence-corrected chi connectivity index (χ2v) is 58.0. The van der Waals surface area contributed by atoms with Gasteiger partial charge in [0, 0.05) is 5.54 Å².